The minimum atomic E-state index is -3.68. The standard InChI is InChI=1S/C19H27FN2O4S/c1-21(17-4-2-3-5-18(17)23)19(24)14-10-12-22(13-11-14)27(25,26)16-8-6-15(20)7-9-16/h6-9,14,17-18,23H,2-5,10-13H2,1H3/t17-,18-/m1/s1. The van der Waals surface area contributed by atoms with Gasteiger partial charge in [-0.25, -0.2) is 12.8 Å². The highest BCUT2D eigenvalue weighted by atomic mass is 32.2. The van der Waals surface area contributed by atoms with Gasteiger partial charge in [0.2, 0.25) is 15.9 Å². The molecule has 0 unspecified atom stereocenters. The van der Waals surface area contributed by atoms with Crippen molar-refractivity contribution in [2.24, 2.45) is 5.92 Å². The van der Waals surface area contributed by atoms with E-state index in [1.165, 1.54) is 16.4 Å². The first-order valence-corrected chi connectivity index (χ1v) is 10.9. The van der Waals surface area contributed by atoms with Crippen LogP contribution < -0.4 is 0 Å². The third-order valence-electron chi connectivity index (χ3n) is 5.79. The van der Waals surface area contributed by atoms with E-state index in [9.17, 15) is 22.7 Å². The number of hydrogen-bond acceptors (Lipinski definition) is 4. The molecule has 1 heterocycles. The topological polar surface area (TPSA) is 77.9 Å². The van der Waals surface area contributed by atoms with Gasteiger partial charge >= 0.3 is 0 Å². The van der Waals surface area contributed by atoms with Gasteiger partial charge in [-0.05, 0) is 49.9 Å². The number of aliphatic hydroxyl groups is 1. The first-order chi connectivity index (χ1) is 12.8. The lowest BCUT2D eigenvalue weighted by Gasteiger charge is -2.38. The molecule has 2 atom stereocenters. The third-order valence-corrected chi connectivity index (χ3v) is 7.71. The van der Waals surface area contributed by atoms with Crippen LogP contribution in [0.3, 0.4) is 0 Å². The average Bonchev–Trinajstić information content (AvgIpc) is 2.68. The molecule has 0 bridgehead atoms. The van der Waals surface area contributed by atoms with Gasteiger partial charge in [0.05, 0.1) is 17.0 Å². The Hall–Kier alpha value is -1.51. The van der Waals surface area contributed by atoms with Gasteiger partial charge < -0.3 is 10.0 Å². The van der Waals surface area contributed by atoms with Crippen molar-refractivity contribution in [1.29, 1.82) is 0 Å². The van der Waals surface area contributed by atoms with Crippen LogP contribution in [0.5, 0.6) is 0 Å². The van der Waals surface area contributed by atoms with Crippen LogP contribution in [0.4, 0.5) is 4.39 Å². The van der Waals surface area contributed by atoms with Gasteiger partial charge in [0.25, 0.3) is 0 Å². The molecular formula is C19H27FN2O4S. The third kappa shape index (κ3) is 4.33. The first kappa shape index (κ1) is 20.2. The summed E-state index contributed by atoms with van der Waals surface area (Å²) in [5, 5.41) is 10.2. The molecule has 0 aromatic heterocycles. The van der Waals surface area contributed by atoms with Crippen LogP contribution in [0, 0.1) is 11.7 Å². The molecule has 8 heteroatoms. The van der Waals surface area contributed by atoms with Crippen LogP contribution >= 0.6 is 0 Å². The van der Waals surface area contributed by atoms with E-state index in [0.717, 1.165) is 37.8 Å². The number of likely N-dealkylation sites (N-methyl/N-ethyl adjacent to an activating group) is 1. The molecular weight excluding hydrogens is 371 g/mol. The van der Waals surface area contributed by atoms with Crippen molar-refractivity contribution in [2.75, 3.05) is 20.1 Å². The number of benzene rings is 1. The Morgan fingerprint density at radius 2 is 1.70 bits per heavy atom. The van der Waals surface area contributed by atoms with Gasteiger partial charge in [0.1, 0.15) is 5.82 Å². The second-order valence-corrected chi connectivity index (χ2v) is 9.44. The first-order valence-electron chi connectivity index (χ1n) is 9.51. The van der Waals surface area contributed by atoms with Gasteiger partial charge in [-0.15, -0.1) is 0 Å². The summed E-state index contributed by atoms with van der Waals surface area (Å²) in [7, 11) is -1.94. The number of halogens is 1. The van der Waals surface area contributed by atoms with Crippen molar-refractivity contribution in [2.45, 2.75) is 55.6 Å². The molecule has 27 heavy (non-hydrogen) atoms. The van der Waals surface area contributed by atoms with E-state index in [1.807, 2.05) is 0 Å². The van der Waals surface area contributed by atoms with Crippen LogP contribution in [-0.4, -0.2) is 60.9 Å². The molecule has 1 aliphatic carbocycles. The Kier molecular flexibility index (Phi) is 6.18. The Bertz CT molecular complexity index is 760. The summed E-state index contributed by atoms with van der Waals surface area (Å²) < 4.78 is 39.8. The zero-order chi connectivity index (χ0) is 19.6. The monoisotopic (exact) mass is 398 g/mol. The van der Waals surface area contributed by atoms with E-state index >= 15 is 0 Å². The number of carbonyl (C=O) groups excluding carboxylic acids is 1. The summed E-state index contributed by atoms with van der Waals surface area (Å²) in [6.45, 7) is 0.522. The quantitative estimate of drug-likeness (QED) is 0.841. The van der Waals surface area contributed by atoms with Gasteiger partial charge in [0.15, 0.2) is 0 Å². The fraction of sp³-hybridized carbons (Fsp3) is 0.632. The summed E-state index contributed by atoms with van der Waals surface area (Å²) in [6, 6.07) is 4.65. The van der Waals surface area contributed by atoms with Crippen molar-refractivity contribution >= 4 is 15.9 Å². The van der Waals surface area contributed by atoms with Gasteiger partial charge in [-0.1, -0.05) is 12.8 Å². The fourth-order valence-electron chi connectivity index (χ4n) is 4.09. The predicted molar refractivity (Wildman–Crippen MR) is 98.9 cm³/mol. The van der Waals surface area contributed by atoms with Gasteiger partial charge in [0, 0.05) is 26.1 Å². The van der Waals surface area contributed by atoms with E-state index in [4.69, 9.17) is 0 Å². The lowest BCUT2D eigenvalue weighted by Crippen LogP contribution is -2.50. The van der Waals surface area contributed by atoms with Crippen molar-refractivity contribution < 1.29 is 22.7 Å². The van der Waals surface area contributed by atoms with Crippen LogP contribution in [0.2, 0.25) is 0 Å². The van der Waals surface area contributed by atoms with Crippen LogP contribution in [0.1, 0.15) is 38.5 Å². The fourth-order valence-corrected chi connectivity index (χ4v) is 5.56. The predicted octanol–water partition coefficient (Wildman–Crippen LogP) is 1.99. The van der Waals surface area contributed by atoms with Crippen molar-refractivity contribution in [3.05, 3.63) is 30.1 Å². The lowest BCUT2D eigenvalue weighted by molar-refractivity contribution is -0.141. The molecule has 1 saturated carbocycles. The summed E-state index contributed by atoms with van der Waals surface area (Å²) in [5.74, 6) is -0.727. The normalized spacial score (nSPS) is 25.3. The van der Waals surface area contributed by atoms with Crippen LogP contribution in [0.25, 0.3) is 0 Å². The molecule has 1 aliphatic heterocycles. The molecule has 150 valence electrons. The van der Waals surface area contributed by atoms with Crippen molar-refractivity contribution in [3.63, 3.8) is 0 Å². The number of sulfonamides is 1. The van der Waals surface area contributed by atoms with E-state index in [-0.39, 0.29) is 35.9 Å². The van der Waals surface area contributed by atoms with E-state index in [2.05, 4.69) is 0 Å². The molecule has 3 rings (SSSR count). The minimum Gasteiger partial charge on any atom is -0.391 e. The minimum absolute atomic E-state index is 0.0141. The molecule has 2 fully saturated rings. The molecule has 1 amide bonds. The molecule has 1 aromatic carbocycles. The van der Waals surface area contributed by atoms with Crippen LogP contribution in [0.15, 0.2) is 29.2 Å². The van der Waals surface area contributed by atoms with Crippen molar-refractivity contribution in [1.82, 2.24) is 9.21 Å². The molecule has 1 N–H and O–H groups in total. The molecule has 2 aliphatic rings. The van der Waals surface area contributed by atoms with Crippen LogP contribution in [-0.2, 0) is 14.8 Å². The van der Waals surface area contributed by atoms with E-state index in [1.54, 1.807) is 11.9 Å². The number of aliphatic hydroxyl groups excluding tert-OH is 1. The van der Waals surface area contributed by atoms with Gasteiger partial charge in [-0.3, -0.25) is 4.79 Å². The summed E-state index contributed by atoms with van der Waals surface area (Å²) >= 11 is 0. The Labute approximate surface area is 160 Å². The molecule has 0 radical (unpaired) electrons. The second kappa shape index (κ2) is 8.24. The molecule has 6 nitrogen and oxygen atoms in total. The Morgan fingerprint density at radius 3 is 2.30 bits per heavy atom. The lowest BCUT2D eigenvalue weighted by atomic mass is 9.89. The molecule has 1 aromatic rings. The zero-order valence-electron chi connectivity index (χ0n) is 15.6. The summed E-state index contributed by atoms with van der Waals surface area (Å²) in [6.07, 6.45) is 3.94. The number of piperidine rings is 1. The number of carbonyl (C=O) groups is 1. The van der Waals surface area contributed by atoms with E-state index < -0.39 is 21.9 Å². The van der Waals surface area contributed by atoms with E-state index in [0.29, 0.717) is 12.8 Å². The largest absolute Gasteiger partial charge is 0.391 e. The molecule has 1 saturated heterocycles. The van der Waals surface area contributed by atoms with Crippen molar-refractivity contribution in [3.8, 4) is 0 Å². The highest BCUT2D eigenvalue weighted by Gasteiger charge is 2.36. The SMILES string of the molecule is CN(C(=O)C1CCN(S(=O)(=O)c2ccc(F)cc2)CC1)[C@@H]1CCCC[C@H]1O. The van der Waals surface area contributed by atoms with Gasteiger partial charge in [-0.2, -0.15) is 4.31 Å². The second-order valence-electron chi connectivity index (χ2n) is 7.50. The molecule has 0 spiro atoms. The highest BCUT2D eigenvalue weighted by Crippen LogP contribution is 2.28. The summed E-state index contributed by atoms with van der Waals surface area (Å²) in [5.41, 5.74) is 0. The maximum absolute atomic E-state index is 13.0. The number of nitrogens with zero attached hydrogens (tertiary/aromatic N) is 2. The average molecular weight is 399 g/mol. The maximum atomic E-state index is 13.0. The maximum Gasteiger partial charge on any atom is 0.243 e. The smallest absolute Gasteiger partial charge is 0.243 e. The summed E-state index contributed by atoms with van der Waals surface area (Å²) in [4.78, 5) is 14.5. The Morgan fingerprint density at radius 1 is 1.11 bits per heavy atom. The highest BCUT2D eigenvalue weighted by molar-refractivity contribution is 7.89. The Balaban J connectivity index is 1.61. The zero-order valence-corrected chi connectivity index (χ0v) is 16.4. The number of amides is 1. The number of rotatable bonds is 4. The number of hydrogen-bond donors (Lipinski definition) is 1.